The molecule has 0 heterocycles. The number of benzene rings is 2. The number of aryl methyl sites for hydroxylation is 1. The molecule has 0 fully saturated rings. The Labute approximate surface area is 222 Å². The Kier molecular flexibility index (Phi) is 14.7. The summed E-state index contributed by atoms with van der Waals surface area (Å²) < 4.78 is 39.7. The van der Waals surface area contributed by atoms with Crippen molar-refractivity contribution in [3.63, 3.8) is 0 Å². The summed E-state index contributed by atoms with van der Waals surface area (Å²) >= 11 is 0. The van der Waals surface area contributed by atoms with E-state index in [2.05, 4.69) is 0 Å². The van der Waals surface area contributed by atoms with Crippen LogP contribution in [0.4, 0.5) is 13.2 Å². The van der Waals surface area contributed by atoms with E-state index in [1.54, 1.807) is 10.8 Å². The lowest BCUT2D eigenvalue weighted by molar-refractivity contribution is -0.305. The lowest BCUT2D eigenvalue weighted by Crippen LogP contribution is -2.21. The van der Waals surface area contributed by atoms with Crippen molar-refractivity contribution in [1.29, 1.82) is 0 Å². The second-order valence-electron chi connectivity index (χ2n) is 8.43. The molecule has 0 aromatic heterocycles. The molecule has 5 N–H and O–H groups in total. The predicted octanol–water partition coefficient (Wildman–Crippen LogP) is 4.52. The highest BCUT2D eigenvalue weighted by atomic mass is 33.1. The molecule has 206 valence electrons. The third-order valence-corrected chi connectivity index (χ3v) is 9.64. The van der Waals surface area contributed by atoms with Crippen LogP contribution in [-0.2, 0) is 32.2 Å². The van der Waals surface area contributed by atoms with Gasteiger partial charge in [-0.2, -0.15) is 13.2 Å². The quantitative estimate of drug-likeness (QED) is 0.243. The lowest BCUT2D eigenvalue weighted by atomic mass is 10.0. The van der Waals surface area contributed by atoms with Gasteiger partial charge in [0.05, 0.1) is 20.4 Å². The summed E-state index contributed by atoms with van der Waals surface area (Å²) in [6, 6.07) is 12.0. The number of halogens is 3. The molecule has 37 heavy (non-hydrogen) atoms. The van der Waals surface area contributed by atoms with Crippen LogP contribution in [0.2, 0.25) is 0 Å². The Morgan fingerprint density at radius 1 is 1.14 bits per heavy atom. The van der Waals surface area contributed by atoms with E-state index in [4.69, 9.17) is 16.6 Å². The fourth-order valence-electron chi connectivity index (χ4n) is 3.22. The lowest BCUT2D eigenvalue weighted by Gasteiger charge is -2.15. The molecule has 6 nitrogen and oxygen atoms in total. The van der Waals surface area contributed by atoms with Crippen LogP contribution < -0.4 is 16.6 Å². The molecule has 0 amide bonds. The van der Waals surface area contributed by atoms with Gasteiger partial charge in [0.1, 0.15) is 16.5 Å². The van der Waals surface area contributed by atoms with Crippen LogP contribution in [-0.4, -0.2) is 29.3 Å². The smallest absolute Gasteiger partial charge is 0.416 e. The number of carboxylic acids is 2. The molecular formula is C26H35F3N2O4S2. The monoisotopic (exact) mass is 560 g/mol. The van der Waals surface area contributed by atoms with Gasteiger partial charge in [0.15, 0.2) is 4.90 Å². The third-order valence-electron chi connectivity index (χ3n) is 5.33. The number of carboxylic acid groups (broad SMARTS) is 2. The number of alkyl halides is 3. The van der Waals surface area contributed by atoms with Crippen molar-refractivity contribution in [2.45, 2.75) is 68.5 Å². The first-order valence-corrected chi connectivity index (χ1v) is 14.6. The Hall–Kier alpha value is -2.21. The molecule has 0 radical (unpaired) electrons. The number of rotatable bonds is 13. The first kappa shape index (κ1) is 32.8. The molecule has 0 saturated carbocycles. The van der Waals surface area contributed by atoms with Gasteiger partial charge in [0, 0.05) is 18.9 Å². The fourth-order valence-corrected chi connectivity index (χ4v) is 7.32. The first-order chi connectivity index (χ1) is 17.4. The summed E-state index contributed by atoms with van der Waals surface area (Å²) in [4.78, 5) is 22.5. The van der Waals surface area contributed by atoms with Gasteiger partial charge in [-0.05, 0) is 74.5 Å². The average Bonchev–Trinajstić information content (AvgIpc) is 2.84. The van der Waals surface area contributed by atoms with Gasteiger partial charge in [-0.25, -0.2) is 0 Å². The summed E-state index contributed by atoms with van der Waals surface area (Å²) in [6.45, 7) is 3.97. The molecule has 0 spiro atoms. The third kappa shape index (κ3) is 12.7. The van der Waals surface area contributed by atoms with E-state index in [9.17, 15) is 27.9 Å². The standard InChI is InChI=1S/C21H25F3N2O2S2.C5H10O2/c1-14-2-4-17(5-3-14)29-30(9-8-15(12-25)10-20(27)28)18-6-7-19(21(22,23)24)16(11-18)13-26;1-2-3-4-5(6)7/h2-7,11,15H,8-10,12-13,25-26H2,1H3;2-4H2,1H3,(H,6,7). The first-order valence-electron chi connectivity index (χ1n) is 11.9. The van der Waals surface area contributed by atoms with Gasteiger partial charge in [0.2, 0.25) is 0 Å². The van der Waals surface area contributed by atoms with E-state index in [1.807, 2.05) is 38.1 Å². The van der Waals surface area contributed by atoms with Crippen molar-refractivity contribution in [2.75, 3.05) is 12.3 Å². The highest BCUT2D eigenvalue weighted by Crippen LogP contribution is 2.38. The van der Waals surface area contributed by atoms with Crippen molar-refractivity contribution in [2.24, 2.45) is 17.4 Å². The highest BCUT2D eigenvalue weighted by Gasteiger charge is 2.35. The minimum absolute atomic E-state index is 0.0238. The number of aliphatic carboxylic acids is 2. The van der Waals surface area contributed by atoms with Gasteiger partial charge in [-0.1, -0.05) is 31.0 Å². The second-order valence-corrected chi connectivity index (χ2v) is 12.3. The molecule has 0 saturated heterocycles. The van der Waals surface area contributed by atoms with Crippen LogP contribution in [0.25, 0.3) is 0 Å². The summed E-state index contributed by atoms with van der Waals surface area (Å²) in [5.74, 6) is -1.42. The topological polar surface area (TPSA) is 129 Å². The number of hydrogen-bond donors (Lipinski definition) is 3. The Morgan fingerprint density at radius 2 is 1.78 bits per heavy atom. The van der Waals surface area contributed by atoms with Crippen molar-refractivity contribution in [3.05, 3.63) is 59.2 Å². The maximum absolute atomic E-state index is 13.2. The van der Waals surface area contributed by atoms with Crippen molar-refractivity contribution >= 4 is 32.7 Å². The molecule has 0 bridgehead atoms. The maximum atomic E-state index is 13.2. The van der Waals surface area contributed by atoms with Gasteiger partial charge in [0.25, 0.3) is 0 Å². The zero-order valence-electron chi connectivity index (χ0n) is 21.1. The zero-order chi connectivity index (χ0) is 28.0. The SMILES string of the molecule is CCCCC(=O)[O-].Cc1ccc(S[S+](CCC(CN)CC(=O)O)c2ccc(C(F)(F)F)c(CN)c2)cc1. The summed E-state index contributed by atoms with van der Waals surface area (Å²) in [6.07, 6.45) is -2.04. The van der Waals surface area contributed by atoms with Crippen molar-refractivity contribution in [1.82, 2.24) is 0 Å². The van der Waals surface area contributed by atoms with Gasteiger partial charge < -0.3 is 26.5 Å². The largest absolute Gasteiger partial charge is 0.550 e. The van der Waals surface area contributed by atoms with Gasteiger partial charge in [-0.3, -0.25) is 4.79 Å². The van der Waals surface area contributed by atoms with E-state index >= 15 is 0 Å². The maximum Gasteiger partial charge on any atom is 0.416 e. The Balaban J connectivity index is 0.000000856. The van der Waals surface area contributed by atoms with Crippen LogP contribution in [0.5, 0.6) is 0 Å². The number of nitrogens with two attached hydrogens (primary N) is 2. The molecular weight excluding hydrogens is 525 g/mol. The van der Waals surface area contributed by atoms with Crippen LogP contribution in [0, 0.1) is 12.8 Å². The summed E-state index contributed by atoms with van der Waals surface area (Å²) in [7, 11) is 1.09. The molecule has 11 heteroatoms. The molecule has 2 aromatic rings. The number of unbranched alkanes of at least 4 members (excludes halogenated alkanes) is 1. The van der Waals surface area contributed by atoms with Crippen LogP contribution in [0.3, 0.4) is 0 Å². The van der Waals surface area contributed by atoms with E-state index in [0.717, 1.165) is 34.3 Å². The molecule has 0 aliphatic carbocycles. The molecule has 2 unspecified atom stereocenters. The zero-order valence-corrected chi connectivity index (χ0v) is 22.7. The fraction of sp³-hybridized carbons (Fsp3) is 0.462. The highest BCUT2D eigenvalue weighted by molar-refractivity contribution is 8.74. The van der Waals surface area contributed by atoms with Crippen LogP contribution in [0.1, 0.15) is 55.7 Å². The van der Waals surface area contributed by atoms with E-state index in [-0.39, 0.29) is 37.4 Å². The van der Waals surface area contributed by atoms with E-state index < -0.39 is 33.6 Å². The number of carbonyl (C=O) groups excluding carboxylic acids is 1. The molecule has 0 aliphatic rings. The summed E-state index contributed by atoms with van der Waals surface area (Å²) in [5.41, 5.74) is 11.8. The number of hydrogen-bond acceptors (Lipinski definition) is 6. The molecule has 2 atom stereocenters. The van der Waals surface area contributed by atoms with Crippen LogP contribution >= 0.6 is 10.8 Å². The predicted molar refractivity (Wildman–Crippen MR) is 141 cm³/mol. The average molecular weight is 561 g/mol. The van der Waals surface area contributed by atoms with Crippen molar-refractivity contribution < 1.29 is 33.0 Å². The Bertz CT molecular complexity index is 989. The molecule has 2 rings (SSSR count). The van der Waals surface area contributed by atoms with Gasteiger partial charge in [-0.15, -0.1) is 0 Å². The second kappa shape index (κ2) is 16.6. The number of carbonyl (C=O) groups is 2. The minimum atomic E-state index is -4.46. The molecule has 2 aromatic carbocycles. The van der Waals surface area contributed by atoms with E-state index in [1.165, 1.54) is 12.1 Å². The minimum Gasteiger partial charge on any atom is -0.550 e. The molecule has 0 aliphatic heterocycles. The van der Waals surface area contributed by atoms with Crippen LogP contribution in [0.15, 0.2) is 52.3 Å². The summed E-state index contributed by atoms with van der Waals surface area (Å²) in [5, 5.41) is 18.7. The normalized spacial score (nSPS) is 12.8. The van der Waals surface area contributed by atoms with E-state index in [0.29, 0.717) is 12.2 Å². The van der Waals surface area contributed by atoms with Gasteiger partial charge >= 0.3 is 12.1 Å². The Morgan fingerprint density at radius 3 is 2.24 bits per heavy atom. The van der Waals surface area contributed by atoms with Crippen molar-refractivity contribution in [3.8, 4) is 0 Å².